The summed E-state index contributed by atoms with van der Waals surface area (Å²) in [5.41, 5.74) is -0.267. The highest BCUT2D eigenvalue weighted by molar-refractivity contribution is 5.96. The lowest BCUT2D eigenvalue weighted by Gasteiger charge is -2.30. The molecule has 0 spiro atoms. The molecule has 0 saturated heterocycles. The fourth-order valence-electron chi connectivity index (χ4n) is 3.71. The van der Waals surface area contributed by atoms with Gasteiger partial charge < -0.3 is 15.5 Å². The van der Waals surface area contributed by atoms with E-state index in [1.165, 1.54) is 18.2 Å². The van der Waals surface area contributed by atoms with E-state index < -0.39 is 17.6 Å². The van der Waals surface area contributed by atoms with Crippen molar-refractivity contribution in [1.82, 2.24) is 15.3 Å². The Morgan fingerprint density at radius 1 is 1.10 bits per heavy atom. The van der Waals surface area contributed by atoms with Gasteiger partial charge in [-0.3, -0.25) is 4.79 Å². The third-order valence-corrected chi connectivity index (χ3v) is 5.24. The van der Waals surface area contributed by atoms with E-state index in [0.717, 1.165) is 30.3 Å². The van der Waals surface area contributed by atoms with E-state index in [-0.39, 0.29) is 17.6 Å². The summed E-state index contributed by atoms with van der Waals surface area (Å²) in [6, 6.07) is 4.85. The SMILES string of the molecule is Cc1cnc(NC2CCC(NC(=O)c3ccccc3C(F)(F)F)CC2)nc1N(C)C. The van der Waals surface area contributed by atoms with Crippen LogP contribution < -0.4 is 15.5 Å². The fraction of sp³-hybridized carbons (Fsp3) is 0.476. The number of aryl methyl sites for hydroxylation is 1. The summed E-state index contributed by atoms with van der Waals surface area (Å²) in [6.07, 6.45) is 0.0817. The molecule has 0 atom stereocenters. The van der Waals surface area contributed by atoms with Gasteiger partial charge in [-0.05, 0) is 44.7 Å². The number of rotatable bonds is 5. The second-order valence-corrected chi connectivity index (χ2v) is 7.80. The Morgan fingerprint density at radius 3 is 2.37 bits per heavy atom. The normalized spacial score (nSPS) is 19.3. The van der Waals surface area contributed by atoms with Crippen LogP contribution in [0.4, 0.5) is 24.9 Å². The average Bonchev–Trinajstić information content (AvgIpc) is 2.70. The van der Waals surface area contributed by atoms with Gasteiger partial charge in [0.05, 0.1) is 11.1 Å². The average molecular weight is 421 g/mol. The lowest BCUT2D eigenvalue weighted by Crippen LogP contribution is -2.40. The Balaban J connectivity index is 1.57. The van der Waals surface area contributed by atoms with Gasteiger partial charge in [-0.2, -0.15) is 18.2 Å². The van der Waals surface area contributed by atoms with Crippen LogP contribution in [-0.4, -0.2) is 42.1 Å². The number of benzene rings is 1. The van der Waals surface area contributed by atoms with Crippen molar-refractivity contribution in [3.05, 3.63) is 47.2 Å². The second-order valence-electron chi connectivity index (χ2n) is 7.80. The lowest BCUT2D eigenvalue weighted by molar-refractivity contribution is -0.137. The number of nitrogens with zero attached hydrogens (tertiary/aromatic N) is 3. The van der Waals surface area contributed by atoms with Crippen molar-refractivity contribution < 1.29 is 18.0 Å². The van der Waals surface area contributed by atoms with Crippen LogP contribution in [0.15, 0.2) is 30.5 Å². The van der Waals surface area contributed by atoms with Gasteiger partial charge in [0.15, 0.2) is 0 Å². The number of carbonyl (C=O) groups excluding carboxylic acids is 1. The molecule has 3 rings (SSSR count). The molecule has 1 fully saturated rings. The Morgan fingerprint density at radius 2 is 1.73 bits per heavy atom. The smallest absolute Gasteiger partial charge is 0.362 e. The fourth-order valence-corrected chi connectivity index (χ4v) is 3.71. The Labute approximate surface area is 173 Å². The molecule has 0 radical (unpaired) electrons. The number of alkyl halides is 3. The van der Waals surface area contributed by atoms with Crippen LogP contribution >= 0.6 is 0 Å². The first kappa shape index (κ1) is 21.9. The minimum absolute atomic E-state index is 0.151. The minimum Gasteiger partial charge on any atom is -0.362 e. The highest BCUT2D eigenvalue weighted by Gasteiger charge is 2.35. The molecule has 162 valence electrons. The Bertz CT molecular complexity index is 892. The number of hydrogen-bond acceptors (Lipinski definition) is 5. The largest absolute Gasteiger partial charge is 0.417 e. The first-order valence-electron chi connectivity index (χ1n) is 9.89. The van der Waals surface area contributed by atoms with Crippen LogP contribution in [0, 0.1) is 6.92 Å². The van der Waals surface area contributed by atoms with Gasteiger partial charge in [-0.1, -0.05) is 12.1 Å². The van der Waals surface area contributed by atoms with E-state index in [4.69, 9.17) is 0 Å². The molecule has 1 heterocycles. The second kappa shape index (κ2) is 8.89. The van der Waals surface area contributed by atoms with Crippen molar-refractivity contribution in [2.24, 2.45) is 0 Å². The van der Waals surface area contributed by atoms with Crippen molar-refractivity contribution in [3.63, 3.8) is 0 Å². The van der Waals surface area contributed by atoms with Crippen LogP contribution in [0.1, 0.15) is 47.2 Å². The number of anilines is 2. The standard InChI is InChI=1S/C21H26F3N5O/c1-13-12-25-20(28-18(13)29(2)3)27-15-10-8-14(9-11-15)26-19(30)16-6-4-5-7-17(16)21(22,23)24/h4-7,12,14-15H,8-11H2,1-3H3,(H,26,30)(H,25,27,28). The van der Waals surface area contributed by atoms with E-state index in [0.29, 0.717) is 18.8 Å². The summed E-state index contributed by atoms with van der Waals surface area (Å²) in [5.74, 6) is 0.712. The third kappa shape index (κ3) is 5.20. The Hall–Kier alpha value is -2.84. The van der Waals surface area contributed by atoms with Crippen LogP contribution in [0.2, 0.25) is 0 Å². The zero-order chi connectivity index (χ0) is 21.9. The Kier molecular flexibility index (Phi) is 6.48. The highest BCUT2D eigenvalue weighted by atomic mass is 19.4. The molecule has 2 aromatic rings. The summed E-state index contributed by atoms with van der Waals surface area (Å²) in [5, 5.41) is 6.09. The minimum atomic E-state index is -4.56. The van der Waals surface area contributed by atoms with Gasteiger partial charge in [-0.15, -0.1) is 0 Å². The van der Waals surface area contributed by atoms with Crippen molar-refractivity contribution >= 4 is 17.7 Å². The molecule has 0 bridgehead atoms. The zero-order valence-corrected chi connectivity index (χ0v) is 17.3. The highest BCUT2D eigenvalue weighted by Crippen LogP contribution is 2.32. The predicted molar refractivity (Wildman–Crippen MR) is 110 cm³/mol. The maximum absolute atomic E-state index is 13.1. The van der Waals surface area contributed by atoms with E-state index in [9.17, 15) is 18.0 Å². The van der Waals surface area contributed by atoms with Gasteiger partial charge in [0.1, 0.15) is 5.82 Å². The molecule has 0 aliphatic heterocycles. The summed E-state index contributed by atoms with van der Waals surface area (Å²) in [7, 11) is 3.84. The van der Waals surface area contributed by atoms with Crippen molar-refractivity contribution in [3.8, 4) is 0 Å². The monoisotopic (exact) mass is 421 g/mol. The molecule has 1 aliphatic rings. The summed E-state index contributed by atoms with van der Waals surface area (Å²) >= 11 is 0. The summed E-state index contributed by atoms with van der Waals surface area (Å²) < 4.78 is 39.4. The maximum Gasteiger partial charge on any atom is 0.417 e. The first-order valence-corrected chi connectivity index (χ1v) is 9.89. The van der Waals surface area contributed by atoms with E-state index in [1.54, 1.807) is 6.20 Å². The molecule has 1 aromatic carbocycles. The number of nitrogens with one attached hydrogen (secondary N) is 2. The first-order chi connectivity index (χ1) is 14.1. The molecule has 1 saturated carbocycles. The number of halogens is 3. The number of amides is 1. The van der Waals surface area contributed by atoms with Crippen LogP contribution in [0.25, 0.3) is 0 Å². The van der Waals surface area contributed by atoms with Gasteiger partial charge in [0, 0.05) is 37.9 Å². The maximum atomic E-state index is 13.1. The van der Waals surface area contributed by atoms with E-state index >= 15 is 0 Å². The summed E-state index contributed by atoms with van der Waals surface area (Å²) in [4.78, 5) is 23.2. The van der Waals surface area contributed by atoms with Gasteiger partial charge >= 0.3 is 6.18 Å². The van der Waals surface area contributed by atoms with Crippen LogP contribution in [0.3, 0.4) is 0 Å². The molecular weight excluding hydrogens is 395 g/mol. The zero-order valence-electron chi connectivity index (χ0n) is 17.3. The molecule has 9 heteroatoms. The van der Waals surface area contributed by atoms with Crippen molar-refractivity contribution in [2.45, 2.75) is 50.9 Å². The number of hydrogen-bond donors (Lipinski definition) is 2. The molecule has 2 N–H and O–H groups in total. The molecular formula is C21H26F3N5O. The van der Waals surface area contributed by atoms with E-state index in [1.807, 2.05) is 25.9 Å². The molecule has 30 heavy (non-hydrogen) atoms. The molecule has 1 amide bonds. The lowest BCUT2D eigenvalue weighted by atomic mass is 9.91. The van der Waals surface area contributed by atoms with Crippen LogP contribution in [0.5, 0.6) is 0 Å². The molecule has 6 nitrogen and oxygen atoms in total. The number of carbonyl (C=O) groups is 1. The van der Waals surface area contributed by atoms with Crippen molar-refractivity contribution in [1.29, 1.82) is 0 Å². The summed E-state index contributed by atoms with van der Waals surface area (Å²) in [6.45, 7) is 1.95. The number of aromatic nitrogens is 2. The third-order valence-electron chi connectivity index (χ3n) is 5.24. The molecule has 1 aliphatic carbocycles. The van der Waals surface area contributed by atoms with E-state index in [2.05, 4.69) is 20.6 Å². The predicted octanol–water partition coefficient (Wildman–Crippen LogP) is 4.02. The van der Waals surface area contributed by atoms with Gasteiger partial charge in [0.25, 0.3) is 5.91 Å². The molecule has 1 aromatic heterocycles. The quantitative estimate of drug-likeness (QED) is 0.763. The van der Waals surface area contributed by atoms with Gasteiger partial charge in [0.2, 0.25) is 5.95 Å². The van der Waals surface area contributed by atoms with Crippen LogP contribution in [-0.2, 0) is 6.18 Å². The molecule has 0 unspecified atom stereocenters. The van der Waals surface area contributed by atoms with Crippen molar-refractivity contribution in [2.75, 3.05) is 24.3 Å². The van der Waals surface area contributed by atoms with Gasteiger partial charge in [-0.25, -0.2) is 4.98 Å². The topological polar surface area (TPSA) is 70.1 Å².